The maximum atomic E-state index is 12.8. The molecule has 0 saturated heterocycles. The van der Waals surface area contributed by atoms with Gasteiger partial charge >= 0.3 is 0 Å². The number of carbonyl (C=O) groups excluding carboxylic acids is 2. The molecule has 4 rings (SSSR count). The molecule has 1 amide bonds. The van der Waals surface area contributed by atoms with Gasteiger partial charge in [-0.25, -0.2) is 0 Å². The molecular weight excluding hydrogens is 374 g/mol. The maximum Gasteiger partial charge on any atom is 0.296 e. The zero-order valence-corrected chi connectivity index (χ0v) is 16.9. The molecule has 0 radical (unpaired) electrons. The third-order valence-corrected chi connectivity index (χ3v) is 5.15. The van der Waals surface area contributed by atoms with Crippen molar-refractivity contribution >= 4 is 34.0 Å². The van der Waals surface area contributed by atoms with E-state index < -0.39 is 11.7 Å². The van der Waals surface area contributed by atoms with E-state index in [1.165, 1.54) is 5.56 Å². The van der Waals surface area contributed by atoms with Crippen LogP contribution in [0, 0.1) is 6.92 Å². The van der Waals surface area contributed by atoms with E-state index in [0.29, 0.717) is 16.9 Å². The van der Waals surface area contributed by atoms with E-state index in [9.17, 15) is 9.59 Å². The maximum absolute atomic E-state index is 12.8. The smallest absolute Gasteiger partial charge is 0.296 e. The molecule has 30 heavy (non-hydrogen) atoms. The Bertz CT molecular complexity index is 1190. The monoisotopic (exact) mass is 397 g/mol. The van der Waals surface area contributed by atoms with Crippen LogP contribution in [-0.4, -0.2) is 16.7 Å². The van der Waals surface area contributed by atoms with Crippen LogP contribution in [0.3, 0.4) is 0 Å². The number of para-hydroxylation sites is 1. The van der Waals surface area contributed by atoms with Crippen molar-refractivity contribution in [2.24, 2.45) is 0 Å². The molecule has 1 unspecified atom stereocenters. The number of rotatable bonds is 6. The summed E-state index contributed by atoms with van der Waals surface area (Å²) in [4.78, 5) is 28.5. The zero-order chi connectivity index (χ0) is 21.1. The first-order chi connectivity index (χ1) is 14.5. The summed E-state index contributed by atoms with van der Waals surface area (Å²) in [5.41, 5.74) is 4.64. The number of ketones is 1. The Labute approximate surface area is 175 Å². The number of aromatic nitrogens is 1. The van der Waals surface area contributed by atoms with Crippen molar-refractivity contribution in [3.05, 3.63) is 95.7 Å². The summed E-state index contributed by atoms with van der Waals surface area (Å²) in [5.74, 6) is -1.20. The number of Topliss-reactive ketones (excluding diaryl/α,β-unsaturated/α-hetero) is 1. The quantitative estimate of drug-likeness (QED) is 0.298. The van der Waals surface area contributed by atoms with E-state index in [1.54, 1.807) is 19.1 Å². The minimum Gasteiger partial charge on any atom is -0.379 e. The number of fused-ring (bicyclic) bond motifs is 1. The Balaban J connectivity index is 1.44. The number of aryl methyl sites for hydroxylation is 1. The third-order valence-electron chi connectivity index (χ3n) is 5.15. The van der Waals surface area contributed by atoms with Crippen molar-refractivity contribution in [1.29, 1.82) is 0 Å². The van der Waals surface area contributed by atoms with Gasteiger partial charge in [0.1, 0.15) is 0 Å². The van der Waals surface area contributed by atoms with Crippen molar-refractivity contribution in [1.82, 2.24) is 4.98 Å². The van der Waals surface area contributed by atoms with Gasteiger partial charge in [-0.3, -0.25) is 9.59 Å². The molecule has 3 aromatic carbocycles. The number of hydrogen-bond acceptors (Lipinski definition) is 3. The van der Waals surface area contributed by atoms with Crippen molar-refractivity contribution in [2.75, 3.05) is 10.6 Å². The Morgan fingerprint density at radius 1 is 0.833 bits per heavy atom. The van der Waals surface area contributed by atoms with Crippen LogP contribution in [0.25, 0.3) is 10.9 Å². The summed E-state index contributed by atoms with van der Waals surface area (Å²) in [6, 6.07) is 25.1. The number of carbonyl (C=O) groups is 2. The topological polar surface area (TPSA) is 74.0 Å². The van der Waals surface area contributed by atoms with E-state index in [2.05, 4.69) is 34.7 Å². The number of nitrogens with one attached hydrogen (secondary N) is 3. The van der Waals surface area contributed by atoms with Crippen molar-refractivity contribution < 1.29 is 9.59 Å². The fourth-order valence-electron chi connectivity index (χ4n) is 3.60. The average molecular weight is 397 g/mol. The van der Waals surface area contributed by atoms with Crippen molar-refractivity contribution in [3.63, 3.8) is 0 Å². The Kier molecular flexibility index (Phi) is 5.35. The second kappa shape index (κ2) is 8.25. The number of H-pyrrole nitrogens is 1. The number of hydrogen-bond donors (Lipinski definition) is 3. The summed E-state index contributed by atoms with van der Waals surface area (Å²) in [6.45, 7) is 3.89. The first-order valence-corrected chi connectivity index (χ1v) is 9.87. The summed E-state index contributed by atoms with van der Waals surface area (Å²) < 4.78 is 0. The molecule has 0 aliphatic carbocycles. The lowest BCUT2D eigenvalue weighted by molar-refractivity contribution is -0.112. The lowest BCUT2D eigenvalue weighted by atomic mass is 10.1. The third kappa shape index (κ3) is 3.96. The van der Waals surface area contributed by atoms with Gasteiger partial charge in [0.25, 0.3) is 11.7 Å². The van der Waals surface area contributed by atoms with Gasteiger partial charge in [-0.1, -0.05) is 48.5 Å². The number of aromatic amines is 1. The number of benzene rings is 3. The van der Waals surface area contributed by atoms with Crippen LogP contribution in [0.4, 0.5) is 11.4 Å². The van der Waals surface area contributed by atoms with Crippen LogP contribution in [0.5, 0.6) is 0 Å². The van der Waals surface area contributed by atoms with E-state index in [4.69, 9.17) is 0 Å². The SMILES string of the molecule is Cc1[nH]c2ccccc2c1C(=O)C(=O)Nc1ccc(NC(C)c2ccccc2)cc1. The second-order valence-electron chi connectivity index (χ2n) is 7.31. The first kappa shape index (κ1) is 19.5. The molecule has 3 N–H and O–H groups in total. The summed E-state index contributed by atoms with van der Waals surface area (Å²) in [5, 5.41) is 6.89. The zero-order valence-electron chi connectivity index (χ0n) is 16.9. The first-order valence-electron chi connectivity index (χ1n) is 9.87. The molecule has 0 saturated carbocycles. The molecule has 0 aliphatic heterocycles. The molecule has 5 nitrogen and oxygen atoms in total. The minimum absolute atomic E-state index is 0.151. The predicted octanol–water partition coefficient (Wildman–Crippen LogP) is 5.47. The fraction of sp³-hybridized carbons (Fsp3) is 0.120. The second-order valence-corrected chi connectivity index (χ2v) is 7.31. The van der Waals surface area contributed by atoms with E-state index in [1.807, 2.05) is 54.6 Å². The lowest BCUT2D eigenvalue weighted by Gasteiger charge is -2.16. The van der Waals surface area contributed by atoms with Crippen LogP contribution >= 0.6 is 0 Å². The highest BCUT2D eigenvalue weighted by Crippen LogP contribution is 2.24. The van der Waals surface area contributed by atoms with Gasteiger partial charge in [0.05, 0.1) is 5.56 Å². The standard InChI is InChI=1S/C25H23N3O2/c1-16(18-8-4-3-5-9-18)26-19-12-14-20(15-13-19)28-25(30)24(29)23-17(2)27-22-11-7-6-10-21(22)23/h3-16,26-27H,1-2H3,(H,28,30). The van der Waals surface area contributed by atoms with Gasteiger partial charge in [0.2, 0.25) is 0 Å². The van der Waals surface area contributed by atoms with Gasteiger partial charge in [-0.2, -0.15) is 0 Å². The van der Waals surface area contributed by atoms with Crippen molar-refractivity contribution in [3.8, 4) is 0 Å². The molecule has 0 aliphatic rings. The van der Waals surface area contributed by atoms with Gasteiger partial charge in [-0.05, 0) is 49.7 Å². The molecule has 0 spiro atoms. The van der Waals surface area contributed by atoms with Gasteiger partial charge in [0.15, 0.2) is 0 Å². The van der Waals surface area contributed by atoms with Crippen molar-refractivity contribution in [2.45, 2.75) is 19.9 Å². The fourth-order valence-corrected chi connectivity index (χ4v) is 3.60. The highest BCUT2D eigenvalue weighted by Gasteiger charge is 2.22. The van der Waals surface area contributed by atoms with Crippen LogP contribution in [-0.2, 0) is 4.79 Å². The van der Waals surface area contributed by atoms with Gasteiger partial charge in [0, 0.05) is 34.0 Å². The lowest BCUT2D eigenvalue weighted by Crippen LogP contribution is -2.23. The summed E-state index contributed by atoms with van der Waals surface area (Å²) in [7, 11) is 0. The van der Waals surface area contributed by atoms with E-state index in [-0.39, 0.29) is 6.04 Å². The molecule has 150 valence electrons. The highest BCUT2D eigenvalue weighted by molar-refractivity contribution is 6.48. The molecule has 0 fully saturated rings. The molecule has 1 atom stereocenters. The molecule has 1 aromatic heterocycles. The number of amides is 1. The van der Waals surface area contributed by atoms with Crippen LogP contribution < -0.4 is 10.6 Å². The summed E-state index contributed by atoms with van der Waals surface area (Å²) >= 11 is 0. The minimum atomic E-state index is -0.652. The molecule has 1 heterocycles. The van der Waals surface area contributed by atoms with Crippen LogP contribution in [0.15, 0.2) is 78.9 Å². The number of anilines is 2. The Morgan fingerprint density at radius 2 is 1.47 bits per heavy atom. The van der Waals surface area contributed by atoms with Gasteiger partial charge < -0.3 is 15.6 Å². The van der Waals surface area contributed by atoms with Crippen LogP contribution in [0.2, 0.25) is 0 Å². The Morgan fingerprint density at radius 3 is 2.20 bits per heavy atom. The molecule has 4 aromatic rings. The molecular formula is C25H23N3O2. The molecule has 5 heteroatoms. The van der Waals surface area contributed by atoms with Crippen LogP contribution in [0.1, 0.15) is 34.6 Å². The predicted molar refractivity (Wildman–Crippen MR) is 121 cm³/mol. The average Bonchev–Trinajstić information content (AvgIpc) is 3.10. The van der Waals surface area contributed by atoms with E-state index in [0.717, 1.165) is 16.6 Å². The van der Waals surface area contributed by atoms with Gasteiger partial charge in [-0.15, -0.1) is 0 Å². The highest BCUT2D eigenvalue weighted by atomic mass is 16.2. The van der Waals surface area contributed by atoms with E-state index >= 15 is 0 Å². The molecule has 0 bridgehead atoms. The normalized spacial score (nSPS) is 11.8. The summed E-state index contributed by atoms with van der Waals surface area (Å²) in [6.07, 6.45) is 0. The largest absolute Gasteiger partial charge is 0.379 e. The Hall–Kier alpha value is -3.86.